The second-order valence-electron chi connectivity index (χ2n) is 7.11. The first-order chi connectivity index (χ1) is 15.4. The molecule has 3 rings (SSSR count). The zero-order chi connectivity index (χ0) is 23.1. The van der Waals surface area contributed by atoms with Crippen LogP contribution in [0.4, 0.5) is 0 Å². The number of carbonyl (C=O) groups excluding carboxylic acids is 1. The Morgan fingerprint density at radius 2 is 1.69 bits per heavy atom. The van der Waals surface area contributed by atoms with Crippen LogP contribution in [0.3, 0.4) is 0 Å². The van der Waals surface area contributed by atoms with Gasteiger partial charge in [0, 0.05) is 12.6 Å². The first kappa shape index (κ1) is 23.7. The van der Waals surface area contributed by atoms with E-state index in [2.05, 4.69) is 5.32 Å². The third-order valence-corrected chi connectivity index (χ3v) is 7.10. The van der Waals surface area contributed by atoms with Crippen molar-refractivity contribution in [3.8, 4) is 23.0 Å². The predicted octanol–water partition coefficient (Wildman–Crippen LogP) is 2.06. The van der Waals surface area contributed by atoms with E-state index >= 15 is 0 Å². The molecule has 174 valence electrons. The molecule has 0 aliphatic carbocycles. The molecule has 1 unspecified atom stereocenters. The van der Waals surface area contributed by atoms with Gasteiger partial charge in [-0.2, -0.15) is 4.31 Å². The highest BCUT2D eigenvalue weighted by atomic mass is 32.2. The van der Waals surface area contributed by atoms with Gasteiger partial charge >= 0.3 is 0 Å². The van der Waals surface area contributed by atoms with E-state index in [4.69, 9.17) is 18.9 Å². The molecule has 1 saturated heterocycles. The molecular weight excluding hydrogens is 436 g/mol. The third kappa shape index (κ3) is 5.25. The third-order valence-electron chi connectivity index (χ3n) is 5.20. The number of rotatable bonds is 10. The van der Waals surface area contributed by atoms with Crippen molar-refractivity contribution in [3.05, 3.63) is 42.5 Å². The summed E-state index contributed by atoms with van der Waals surface area (Å²) in [6.07, 6.45) is 1.06. The van der Waals surface area contributed by atoms with Gasteiger partial charge < -0.3 is 24.3 Å². The van der Waals surface area contributed by atoms with Gasteiger partial charge in [0.25, 0.3) is 0 Å². The summed E-state index contributed by atoms with van der Waals surface area (Å²) in [6, 6.07) is 10.7. The van der Waals surface area contributed by atoms with E-state index in [9.17, 15) is 13.2 Å². The zero-order valence-electron chi connectivity index (χ0n) is 18.4. The summed E-state index contributed by atoms with van der Waals surface area (Å²) in [7, 11) is 0.626. The van der Waals surface area contributed by atoms with E-state index in [1.54, 1.807) is 31.4 Å². The Hall–Kier alpha value is -2.98. The monoisotopic (exact) mass is 464 g/mol. The van der Waals surface area contributed by atoms with Crippen LogP contribution in [0.5, 0.6) is 23.0 Å². The molecular formula is C22H28N2O7S. The number of hydrogen-bond donors (Lipinski definition) is 1. The van der Waals surface area contributed by atoms with E-state index in [-0.39, 0.29) is 30.5 Å². The zero-order valence-corrected chi connectivity index (χ0v) is 19.2. The highest BCUT2D eigenvalue weighted by Gasteiger charge is 2.39. The molecule has 1 heterocycles. The fourth-order valence-electron chi connectivity index (χ4n) is 3.54. The first-order valence-corrected chi connectivity index (χ1v) is 11.6. The van der Waals surface area contributed by atoms with Gasteiger partial charge in [0.05, 0.1) is 32.8 Å². The summed E-state index contributed by atoms with van der Waals surface area (Å²) in [4.78, 5) is 12.8. The van der Waals surface area contributed by atoms with Crippen molar-refractivity contribution in [1.82, 2.24) is 9.62 Å². The summed E-state index contributed by atoms with van der Waals surface area (Å²) in [6.45, 7) is 0.788. The Morgan fingerprint density at radius 3 is 2.34 bits per heavy atom. The number of carbonyl (C=O) groups is 1. The molecule has 9 nitrogen and oxygen atoms in total. The number of ether oxygens (including phenoxy) is 4. The van der Waals surface area contributed by atoms with Gasteiger partial charge in [-0.15, -0.1) is 0 Å². The molecule has 10 heteroatoms. The highest BCUT2D eigenvalue weighted by Crippen LogP contribution is 2.33. The summed E-state index contributed by atoms with van der Waals surface area (Å²) in [5.74, 6) is 1.77. The lowest BCUT2D eigenvalue weighted by Crippen LogP contribution is -2.46. The second-order valence-corrected chi connectivity index (χ2v) is 9.00. The lowest BCUT2D eigenvalue weighted by Gasteiger charge is -2.24. The number of methoxy groups -OCH3 is 3. The molecule has 2 aromatic rings. The van der Waals surface area contributed by atoms with Gasteiger partial charge in [-0.1, -0.05) is 0 Å². The highest BCUT2D eigenvalue weighted by molar-refractivity contribution is 7.89. The van der Waals surface area contributed by atoms with Crippen molar-refractivity contribution < 1.29 is 32.2 Å². The number of nitrogens with zero attached hydrogens (tertiary/aromatic N) is 1. The van der Waals surface area contributed by atoms with Gasteiger partial charge in [-0.05, 0) is 49.2 Å². The minimum absolute atomic E-state index is 0.0534. The minimum Gasteiger partial charge on any atom is -0.497 e. The van der Waals surface area contributed by atoms with E-state index in [1.807, 2.05) is 0 Å². The van der Waals surface area contributed by atoms with Crippen molar-refractivity contribution in [1.29, 1.82) is 0 Å². The topological polar surface area (TPSA) is 103 Å². The summed E-state index contributed by atoms with van der Waals surface area (Å²) in [5, 5.41) is 2.77. The second kappa shape index (κ2) is 10.6. The molecule has 1 aliphatic rings. The predicted molar refractivity (Wildman–Crippen MR) is 118 cm³/mol. The van der Waals surface area contributed by atoms with Crippen molar-refractivity contribution in [2.24, 2.45) is 0 Å². The lowest BCUT2D eigenvalue weighted by atomic mass is 10.2. The molecule has 1 aliphatic heterocycles. The quantitative estimate of drug-likeness (QED) is 0.537. The molecule has 0 saturated carbocycles. The van der Waals surface area contributed by atoms with Gasteiger partial charge in [-0.3, -0.25) is 4.79 Å². The van der Waals surface area contributed by atoms with Crippen LogP contribution in [0.2, 0.25) is 0 Å². The lowest BCUT2D eigenvalue weighted by molar-refractivity contribution is -0.124. The van der Waals surface area contributed by atoms with E-state index in [0.717, 1.165) is 5.75 Å². The molecule has 0 bridgehead atoms. The van der Waals surface area contributed by atoms with Crippen molar-refractivity contribution >= 4 is 15.9 Å². The van der Waals surface area contributed by atoms with Gasteiger partial charge in [0.1, 0.15) is 24.1 Å². The fraction of sp³-hybridized carbons (Fsp3) is 0.409. The van der Waals surface area contributed by atoms with E-state index in [0.29, 0.717) is 30.1 Å². The summed E-state index contributed by atoms with van der Waals surface area (Å²) < 4.78 is 48.7. The van der Waals surface area contributed by atoms with Crippen LogP contribution >= 0.6 is 0 Å². The normalized spacial score (nSPS) is 16.4. The van der Waals surface area contributed by atoms with Gasteiger partial charge in [-0.25, -0.2) is 8.42 Å². The molecule has 0 spiro atoms. The molecule has 0 aromatic heterocycles. The number of sulfonamides is 1. The SMILES string of the molecule is COc1ccc(OCCNC(=O)C2CCCN2S(=O)(=O)c2ccc(OC)c(OC)c2)cc1. The Labute approximate surface area is 188 Å². The average molecular weight is 465 g/mol. The number of nitrogens with one attached hydrogen (secondary N) is 1. The maximum absolute atomic E-state index is 13.2. The van der Waals surface area contributed by atoms with Crippen LogP contribution < -0.4 is 24.3 Å². The Bertz CT molecular complexity index is 1030. The van der Waals surface area contributed by atoms with Gasteiger partial charge in [0.2, 0.25) is 15.9 Å². The van der Waals surface area contributed by atoms with Crippen LogP contribution in [0.1, 0.15) is 12.8 Å². The molecule has 0 radical (unpaired) electrons. The summed E-state index contributed by atoms with van der Waals surface area (Å²) >= 11 is 0. The largest absolute Gasteiger partial charge is 0.497 e. The van der Waals surface area contributed by atoms with E-state index in [1.165, 1.54) is 36.7 Å². The van der Waals surface area contributed by atoms with Crippen molar-refractivity contribution in [3.63, 3.8) is 0 Å². The van der Waals surface area contributed by atoms with E-state index < -0.39 is 16.1 Å². The smallest absolute Gasteiger partial charge is 0.243 e. The first-order valence-electron chi connectivity index (χ1n) is 10.2. The van der Waals surface area contributed by atoms with Crippen LogP contribution in [0.15, 0.2) is 47.4 Å². The summed E-state index contributed by atoms with van der Waals surface area (Å²) in [5.41, 5.74) is 0. The van der Waals surface area contributed by atoms with Crippen LogP contribution in [-0.2, 0) is 14.8 Å². The van der Waals surface area contributed by atoms with Gasteiger partial charge in [0.15, 0.2) is 11.5 Å². The molecule has 2 aromatic carbocycles. The maximum Gasteiger partial charge on any atom is 0.243 e. The van der Waals surface area contributed by atoms with Crippen molar-refractivity contribution in [2.45, 2.75) is 23.8 Å². The van der Waals surface area contributed by atoms with Crippen molar-refractivity contribution in [2.75, 3.05) is 41.0 Å². The number of benzene rings is 2. The Balaban J connectivity index is 1.60. The fourth-order valence-corrected chi connectivity index (χ4v) is 5.21. The number of hydrogen-bond acceptors (Lipinski definition) is 7. The number of amides is 1. The van der Waals surface area contributed by atoms with Crippen LogP contribution in [0.25, 0.3) is 0 Å². The molecule has 1 amide bonds. The molecule has 1 fully saturated rings. The Morgan fingerprint density at radius 1 is 1.00 bits per heavy atom. The Kier molecular flexibility index (Phi) is 7.81. The molecule has 1 N–H and O–H groups in total. The molecule has 1 atom stereocenters. The molecule has 32 heavy (non-hydrogen) atoms. The maximum atomic E-state index is 13.2. The average Bonchev–Trinajstić information content (AvgIpc) is 3.32. The standard InChI is InChI=1S/C22H28N2O7S/c1-28-16-6-8-17(9-7-16)31-14-12-23-22(25)19-5-4-13-24(19)32(26,27)18-10-11-20(29-2)21(15-18)30-3/h6-11,15,19H,4-5,12-14H2,1-3H3,(H,23,25). The van der Waals surface area contributed by atoms with Crippen LogP contribution in [0, 0.1) is 0 Å². The van der Waals surface area contributed by atoms with Crippen LogP contribution in [-0.4, -0.2) is 65.7 Å². The minimum atomic E-state index is -3.88.